The molecule has 80 valence electrons. The lowest BCUT2D eigenvalue weighted by Gasteiger charge is -2.14. The number of aliphatic hydroxyl groups is 3. The van der Waals surface area contributed by atoms with Crippen LogP contribution in [0.5, 0.6) is 0 Å². The van der Waals surface area contributed by atoms with Crippen LogP contribution in [0, 0.1) is 0 Å². The van der Waals surface area contributed by atoms with Crippen LogP contribution < -0.4 is 0 Å². The summed E-state index contributed by atoms with van der Waals surface area (Å²) in [4.78, 5) is 0. The van der Waals surface area contributed by atoms with Gasteiger partial charge in [-0.1, -0.05) is 0 Å². The largest absolute Gasteiger partial charge is 0.402 e. The third kappa shape index (κ3) is 5.13. The Labute approximate surface area is 75.9 Å². The number of rotatable bonds is 6. The fraction of sp³-hybridized carbons (Fsp3) is 1.00. The van der Waals surface area contributed by atoms with E-state index < -0.39 is 29.4 Å². The zero-order chi connectivity index (χ0) is 10.5. The second-order valence-electron chi connectivity index (χ2n) is 2.05. The monoisotopic (exact) mass is 216 g/mol. The molecule has 0 heterocycles. The van der Waals surface area contributed by atoms with Crippen LogP contribution in [0.3, 0.4) is 0 Å². The summed E-state index contributed by atoms with van der Waals surface area (Å²) < 4.78 is 29.3. The molecule has 0 aromatic rings. The lowest BCUT2D eigenvalue weighted by molar-refractivity contribution is -0.120. The van der Waals surface area contributed by atoms with Gasteiger partial charge in [-0.3, -0.25) is 0 Å². The predicted octanol–water partition coefficient (Wildman–Crippen LogP) is -2.04. The molecule has 0 aromatic heterocycles. The summed E-state index contributed by atoms with van der Waals surface area (Å²) in [6, 6.07) is 0. The minimum atomic E-state index is -4.31. The molecule has 8 heteroatoms. The van der Waals surface area contributed by atoms with Crippen LogP contribution in [-0.2, 0) is 18.8 Å². The van der Waals surface area contributed by atoms with Crippen LogP contribution in [0.4, 0.5) is 0 Å². The molecule has 0 aliphatic heterocycles. The highest BCUT2D eigenvalue weighted by molar-refractivity contribution is 7.81. The average molecular weight is 216 g/mol. The van der Waals surface area contributed by atoms with E-state index in [0.717, 1.165) is 0 Å². The molecule has 0 aromatic carbocycles. The first-order chi connectivity index (χ1) is 5.93. The van der Waals surface area contributed by atoms with E-state index in [0.29, 0.717) is 0 Å². The lowest BCUT2D eigenvalue weighted by Crippen LogP contribution is -2.34. The predicted molar refractivity (Wildman–Crippen MR) is 40.7 cm³/mol. The van der Waals surface area contributed by atoms with E-state index in [9.17, 15) is 8.42 Å². The smallest absolute Gasteiger partial charge is 0.393 e. The zero-order valence-electron chi connectivity index (χ0n) is 6.95. The Bertz CT molecular complexity index is 223. The van der Waals surface area contributed by atoms with Crippen LogP contribution in [0.2, 0.25) is 0 Å². The summed E-state index contributed by atoms with van der Waals surface area (Å²) >= 11 is 0. The number of hydrogen-bond donors (Lipinski definition) is 3. The molecule has 3 N–H and O–H groups in total. The molecule has 0 bridgehead atoms. The van der Waals surface area contributed by atoms with Crippen molar-refractivity contribution in [2.24, 2.45) is 0 Å². The summed E-state index contributed by atoms with van der Waals surface area (Å²) in [5.74, 6) is 0. The molecular formula is C5H12O7S. The molecule has 0 spiro atoms. The molecular weight excluding hydrogens is 204 g/mol. The van der Waals surface area contributed by atoms with Crippen molar-refractivity contribution in [3.63, 3.8) is 0 Å². The van der Waals surface area contributed by atoms with Crippen molar-refractivity contribution >= 4 is 10.4 Å². The first-order valence-corrected chi connectivity index (χ1v) is 4.81. The Morgan fingerprint density at radius 1 is 1.38 bits per heavy atom. The first kappa shape index (κ1) is 12.8. The SMILES string of the molecule is CCOS(=O)(=O)OC(O)C(O)CO. The average Bonchev–Trinajstić information content (AvgIpc) is 2.01. The van der Waals surface area contributed by atoms with Crippen LogP contribution in [0.25, 0.3) is 0 Å². The van der Waals surface area contributed by atoms with E-state index in [-0.39, 0.29) is 6.61 Å². The van der Waals surface area contributed by atoms with E-state index in [1.807, 2.05) is 0 Å². The topological polar surface area (TPSA) is 113 Å². The van der Waals surface area contributed by atoms with Crippen molar-refractivity contribution in [3.05, 3.63) is 0 Å². The Balaban J connectivity index is 4.11. The molecule has 0 rings (SSSR count). The van der Waals surface area contributed by atoms with Gasteiger partial charge in [0, 0.05) is 0 Å². The van der Waals surface area contributed by atoms with E-state index >= 15 is 0 Å². The van der Waals surface area contributed by atoms with Crippen molar-refractivity contribution < 1.29 is 32.1 Å². The molecule has 0 radical (unpaired) electrons. The van der Waals surface area contributed by atoms with Crippen LogP contribution in [0.15, 0.2) is 0 Å². The molecule has 0 saturated carbocycles. The number of hydrogen-bond acceptors (Lipinski definition) is 7. The first-order valence-electron chi connectivity index (χ1n) is 3.47. The van der Waals surface area contributed by atoms with Crippen LogP contribution in [-0.4, -0.2) is 49.3 Å². The maximum absolute atomic E-state index is 10.7. The van der Waals surface area contributed by atoms with Gasteiger partial charge in [0.2, 0.25) is 6.29 Å². The zero-order valence-corrected chi connectivity index (χ0v) is 7.77. The summed E-state index contributed by atoms with van der Waals surface area (Å²) in [6.45, 7) is 0.447. The quantitative estimate of drug-likeness (QED) is 0.438. The van der Waals surface area contributed by atoms with Gasteiger partial charge in [-0.25, -0.2) is 8.37 Å². The van der Waals surface area contributed by atoms with Crippen LogP contribution >= 0.6 is 0 Å². The van der Waals surface area contributed by atoms with Gasteiger partial charge in [0.05, 0.1) is 13.2 Å². The van der Waals surface area contributed by atoms with Crippen molar-refractivity contribution in [2.75, 3.05) is 13.2 Å². The summed E-state index contributed by atoms with van der Waals surface area (Å²) in [7, 11) is -4.31. The van der Waals surface area contributed by atoms with E-state index in [2.05, 4.69) is 8.37 Å². The van der Waals surface area contributed by atoms with Gasteiger partial charge >= 0.3 is 10.4 Å². The Morgan fingerprint density at radius 3 is 2.31 bits per heavy atom. The molecule has 0 amide bonds. The van der Waals surface area contributed by atoms with E-state index in [4.69, 9.17) is 15.3 Å². The highest BCUT2D eigenvalue weighted by Crippen LogP contribution is 2.03. The molecule has 0 aliphatic carbocycles. The van der Waals surface area contributed by atoms with Gasteiger partial charge in [0.1, 0.15) is 6.10 Å². The maximum Gasteiger partial charge on any atom is 0.402 e. The van der Waals surface area contributed by atoms with Gasteiger partial charge in [0.15, 0.2) is 0 Å². The second kappa shape index (κ2) is 5.47. The highest BCUT2D eigenvalue weighted by atomic mass is 32.3. The Hall–Kier alpha value is -0.250. The molecule has 2 unspecified atom stereocenters. The van der Waals surface area contributed by atoms with Crippen molar-refractivity contribution in [2.45, 2.75) is 19.3 Å². The van der Waals surface area contributed by atoms with E-state index in [1.54, 1.807) is 0 Å². The minimum absolute atomic E-state index is 0.149. The summed E-state index contributed by atoms with van der Waals surface area (Å²) in [5.41, 5.74) is 0. The standard InChI is InChI=1S/C5H12O7S/c1-2-11-13(9,10)12-5(8)4(7)3-6/h4-8H,2-3H2,1H3. The fourth-order valence-corrected chi connectivity index (χ4v) is 1.16. The molecule has 0 fully saturated rings. The van der Waals surface area contributed by atoms with Crippen molar-refractivity contribution in [1.29, 1.82) is 0 Å². The molecule has 0 saturated heterocycles. The highest BCUT2D eigenvalue weighted by Gasteiger charge is 2.23. The van der Waals surface area contributed by atoms with Gasteiger partial charge in [-0.15, -0.1) is 0 Å². The third-order valence-electron chi connectivity index (χ3n) is 0.995. The van der Waals surface area contributed by atoms with Gasteiger partial charge in [-0.05, 0) is 6.92 Å². The molecule has 2 atom stereocenters. The maximum atomic E-state index is 10.7. The van der Waals surface area contributed by atoms with Gasteiger partial charge in [-0.2, -0.15) is 8.42 Å². The minimum Gasteiger partial charge on any atom is -0.393 e. The normalized spacial score (nSPS) is 16.9. The summed E-state index contributed by atoms with van der Waals surface area (Å²) in [6.07, 6.45) is -3.71. The molecule has 13 heavy (non-hydrogen) atoms. The van der Waals surface area contributed by atoms with E-state index in [1.165, 1.54) is 6.92 Å². The lowest BCUT2D eigenvalue weighted by atomic mass is 10.4. The second-order valence-corrected chi connectivity index (χ2v) is 3.30. The van der Waals surface area contributed by atoms with Crippen molar-refractivity contribution in [1.82, 2.24) is 0 Å². The van der Waals surface area contributed by atoms with Gasteiger partial charge < -0.3 is 15.3 Å². The molecule has 0 aliphatic rings. The van der Waals surface area contributed by atoms with Crippen molar-refractivity contribution in [3.8, 4) is 0 Å². The van der Waals surface area contributed by atoms with Gasteiger partial charge in [0.25, 0.3) is 0 Å². The van der Waals surface area contributed by atoms with Crippen LogP contribution in [0.1, 0.15) is 6.92 Å². The fourth-order valence-electron chi connectivity index (χ4n) is 0.447. The molecule has 7 nitrogen and oxygen atoms in total. The number of aliphatic hydroxyl groups excluding tert-OH is 3. The Morgan fingerprint density at radius 2 is 1.92 bits per heavy atom. The summed E-state index contributed by atoms with van der Waals surface area (Å²) in [5, 5.41) is 25.8. The third-order valence-corrected chi connectivity index (χ3v) is 1.95. The Kier molecular flexibility index (Phi) is 5.37.